The molecule has 6 nitrogen and oxygen atoms in total. The second-order valence-corrected chi connectivity index (χ2v) is 5.32. The summed E-state index contributed by atoms with van der Waals surface area (Å²) >= 11 is 0. The smallest absolute Gasteiger partial charge is 0.319 e. The Labute approximate surface area is 122 Å². The van der Waals surface area contributed by atoms with Gasteiger partial charge in [0.1, 0.15) is 11.2 Å². The Morgan fingerprint density at radius 3 is 2.76 bits per heavy atom. The van der Waals surface area contributed by atoms with Gasteiger partial charge < -0.3 is 14.5 Å². The number of imidazole rings is 1. The van der Waals surface area contributed by atoms with Crippen LogP contribution < -0.4 is 4.74 Å². The van der Waals surface area contributed by atoms with Gasteiger partial charge in [-0.25, -0.2) is 4.98 Å². The van der Waals surface area contributed by atoms with Crippen molar-refractivity contribution in [3.8, 4) is 5.88 Å². The molecule has 0 saturated heterocycles. The van der Waals surface area contributed by atoms with E-state index >= 15 is 0 Å². The fourth-order valence-electron chi connectivity index (χ4n) is 3.00. The highest BCUT2D eigenvalue weighted by atomic mass is 16.5. The quantitative estimate of drug-likeness (QED) is 0.874. The normalized spacial score (nSPS) is 17.0. The van der Waals surface area contributed by atoms with E-state index in [1.165, 1.54) is 0 Å². The van der Waals surface area contributed by atoms with Crippen LogP contribution in [0.15, 0.2) is 12.1 Å². The maximum Gasteiger partial charge on any atom is 0.319 e. The average Bonchev–Trinajstić information content (AvgIpc) is 3.14. The molecule has 2 aromatic rings. The van der Waals surface area contributed by atoms with E-state index in [0.717, 1.165) is 31.2 Å². The molecule has 1 aliphatic carbocycles. The van der Waals surface area contributed by atoms with E-state index in [0.29, 0.717) is 24.0 Å². The number of rotatable bonds is 4. The van der Waals surface area contributed by atoms with Crippen molar-refractivity contribution in [3.05, 3.63) is 18.0 Å². The number of methoxy groups -OCH3 is 1. The molecule has 3 rings (SSSR count). The molecule has 1 saturated carbocycles. The van der Waals surface area contributed by atoms with Crippen molar-refractivity contribution in [2.24, 2.45) is 0 Å². The van der Waals surface area contributed by atoms with E-state index in [9.17, 15) is 4.79 Å². The highest BCUT2D eigenvalue weighted by molar-refractivity contribution is 5.84. The molecule has 21 heavy (non-hydrogen) atoms. The van der Waals surface area contributed by atoms with Crippen LogP contribution in [0.2, 0.25) is 0 Å². The first-order valence-corrected chi connectivity index (χ1v) is 7.28. The second kappa shape index (κ2) is 5.35. The number of ether oxygens (including phenoxy) is 2. The minimum Gasteiger partial charge on any atom is -0.481 e. The number of aromatic nitrogens is 3. The van der Waals surface area contributed by atoms with E-state index in [4.69, 9.17) is 9.47 Å². The zero-order valence-electron chi connectivity index (χ0n) is 12.3. The van der Waals surface area contributed by atoms with Crippen LogP contribution in [0, 0.1) is 0 Å². The summed E-state index contributed by atoms with van der Waals surface area (Å²) in [5.74, 6) is 0.986. The number of pyridine rings is 1. The molecule has 0 aromatic carbocycles. The lowest BCUT2D eigenvalue weighted by molar-refractivity contribution is -0.150. The minimum atomic E-state index is -0.649. The summed E-state index contributed by atoms with van der Waals surface area (Å²) < 4.78 is 10.4. The summed E-state index contributed by atoms with van der Waals surface area (Å²) in [5, 5.41) is 0. The van der Waals surface area contributed by atoms with Crippen molar-refractivity contribution in [1.82, 2.24) is 15.0 Å². The topological polar surface area (TPSA) is 77.1 Å². The highest BCUT2D eigenvalue weighted by Crippen LogP contribution is 2.41. The summed E-state index contributed by atoms with van der Waals surface area (Å²) in [5.41, 5.74) is 0.727. The first-order chi connectivity index (χ1) is 10.2. The molecule has 0 unspecified atom stereocenters. The van der Waals surface area contributed by atoms with Gasteiger partial charge in [-0.05, 0) is 25.8 Å². The van der Waals surface area contributed by atoms with Gasteiger partial charge in [0, 0.05) is 6.07 Å². The van der Waals surface area contributed by atoms with Crippen LogP contribution in [0.5, 0.6) is 5.88 Å². The molecule has 2 heterocycles. The van der Waals surface area contributed by atoms with E-state index in [1.54, 1.807) is 13.2 Å². The molecule has 0 atom stereocenters. The molecule has 2 aromatic heterocycles. The Morgan fingerprint density at radius 2 is 2.10 bits per heavy atom. The van der Waals surface area contributed by atoms with Gasteiger partial charge in [-0.1, -0.05) is 12.8 Å². The number of H-pyrrole nitrogens is 1. The largest absolute Gasteiger partial charge is 0.481 e. The molecule has 0 aliphatic heterocycles. The van der Waals surface area contributed by atoms with Gasteiger partial charge in [0.25, 0.3) is 0 Å². The van der Waals surface area contributed by atoms with Gasteiger partial charge in [0.2, 0.25) is 5.88 Å². The molecule has 112 valence electrons. The first kappa shape index (κ1) is 13.9. The third-order valence-corrected chi connectivity index (χ3v) is 4.11. The standard InChI is InChI=1S/C15H19N3O3/c1-3-21-14(19)15(8-4-5-9-15)13-16-10-6-7-11(20-2)17-12(10)18-13/h6-7H,3-5,8-9H2,1-2H3,(H,16,17,18). The number of carbonyl (C=O) groups is 1. The number of nitrogens with one attached hydrogen (secondary N) is 1. The van der Waals surface area contributed by atoms with Crippen LogP contribution in [0.1, 0.15) is 38.4 Å². The third kappa shape index (κ3) is 2.24. The van der Waals surface area contributed by atoms with Crippen LogP contribution in [0.3, 0.4) is 0 Å². The van der Waals surface area contributed by atoms with Crippen LogP contribution >= 0.6 is 0 Å². The van der Waals surface area contributed by atoms with Crippen molar-refractivity contribution in [2.75, 3.05) is 13.7 Å². The van der Waals surface area contributed by atoms with Gasteiger partial charge >= 0.3 is 5.97 Å². The van der Waals surface area contributed by atoms with Crippen LogP contribution in [-0.4, -0.2) is 34.6 Å². The van der Waals surface area contributed by atoms with Crippen LogP contribution in [-0.2, 0) is 14.9 Å². The second-order valence-electron chi connectivity index (χ2n) is 5.32. The van der Waals surface area contributed by atoms with Crippen molar-refractivity contribution in [2.45, 2.75) is 38.0 Å². The Morgan fingerprint density at radius 1 is 1.33 bits per heavy atom. The molecule has 0 bridgehead atoms. The predicted molar refractivity (Wildman–Crippen MR) is 77.2 cm³/mol. The fraction of sp³-hybridized carbons (Fsp3) is 0.533. The molecule has 1 N–H and O–H groups in total. The fourth-order valence-corrected chi connectivity index (χ4v) is 3.00. The Kier molecular flexibility index (Phi) is 3.53. The number of esters is 1. The Balaban J connectivity index is 2.05. The first-order valence-electron chi connectivity index (χ1n) is 7.28. The predicted octanol–water partition coefficient (Wildman–Crippen LogP) is 2.34. The maximum absolute atomic E-state index is 12.4. The lowest BCUT2D eigenvalue weighted by atomic mass is 9.85. The Hall–Kier alpha value is -2.11. The number of hydrogen-bond acceptors (Lipinski definition) is 5. The van der Waals surface area contributed by atoms with E-state index in [1.807, 2.05) is 13.0 Å². The monoisotopic (exact) mass is 289 g/mol. The summed E-state index contributed by atoms with van der Waals surface area (Å²) in [6.45, 7) is 2.21. The Bertz CT molecular complexity index is 659. The minimum absolute atomic E-state index is 0.187. The molecule has 6 heteroatoms. The van der Waals surface area contributed by atoms with Crippen molar-refractivity contribution in [3.63, 3.8) is 0 Å². The molecular formula is C15H19N3O3. The molecular weight excluding hydrogens is 270 g/mol. The molecule has 0 radical (unpaired) electrons. The number of aromatic amines is 1. The summed E-state index contributed by atoms with van der Waals surface area (Å²) in [7, 11) is 1.57. The average molecular weight is 289 g/mol. The van der Waals surface area contributed by atoms with Gasteiger partial charge in [-0.2, -0.15) is 4.98 Å². The summed E-state index contributed by atoms with van der Waals surface area (Å²) in [6.07, 6.45) is 3.55. The third-order valence-electron chi connectivity index (χ3n) is 4.11. The van der Waals surface area contributed by atoms with E-state index in [-0.39, 0.29) is 5.97 Å². The zero-order valence-corrected chi connectivity index (χ0v) is 12.3. The van der Waals surface area contributed by atoms with Gasteiger partial charge in [-0.15, -0.1) is 0 Å². The van der Waals surface area contributed by atoms with Crippen LogP contribution in [0.4, 0.5) is 0 Å². The lowest BCUT2D eigenvalue weighted by Gasteiger charge is -2.23. The SMILES string of the molecule is CCOC(=O)C1(c2nc3nc(OC)ccc3[nH]2)CCCC1. The molecule has 1 fully saturated rings. The van der Waals surface area contributed by atoms with E-state index < -0.39 is 5.41 Å². The maximum atomic E-state index is 12.4. The number of nitrogens with zero attached hydrogens (tertiary/aromatic N) is 2. The van der Waals surface area contributed by atoms with Gasteiger partial charge in [0.05, 0.1) is 19.2 Å². The highest BCUT2D eigenvalue weighted by Gasteiger charge is 2.46. The molecule has 0 amide bonds. The van der Waals surface area contributed by atoms with Crippen molar-refractivity contribution in [1.29, 1.82) is 0 Å². The zero-order chi connectivity index (χ0) is 14.9. The van der Waals surface area contributed by atoms with Crippen molar-refractivity contribution >= 4 is 17.1 Å². The van der Waals surface area contributed by atoms with E-state index in [2.05, 4.69) is 15.0 Å². The molecule has 0 spiro atoms. The van der Waals surface area contributed by atoms with Gasteiger partial charge in [-0.3, -0.25) is 4.79 Å². The summed E-state index contributed by atoms with van der Waals surface area (Å²) in [6, 6.07) is 3.64. The lowest BCUT2D eigenvalue weighted by Crippen LogP contribution is -2.35. The number of hydrogen-bond donors (Lipinski definition) is 1. The van der Waals surface area contributed by atoms with Gasteiger partial charge in [0.15, 0.2) is 5.65 Å². The summed E-state index contributed by atoms with van der Waals surface area (Å²) in [4.78, 5) is 24.5. The number of carbonyl (C=O) groups excluding carboxylic acids is 1. The van der Waals surface area contributed by atoms with Crippen LogP contribution in [0.25, 0.3) is 11.2 Å². The van der Waals surface area contributed by atoms with Crippen molar-refractivity contribution < 1.29 is 14.3 Å². The number of fused-ring (bicyclic) bond motifs is 1. The molecule has 1 aliphatic rings.